The van der Waals surface area contributed by atoms with Crippen molar-refractivity contribution in [3.63, 3.8) is 0 Å². The molecule has 4 aromatic rings. The van der Waals surface area contributed by atoms with Crippen LogP contribution in [0, 0.1) is 0 Å². The summed E-state index contributed by atoms with van der Waals surface area (Å²) in [5.74, 6) is 1.05. The van der Waals surface area contributed by atoms with Crippen molar-refractivity contribution < 1.29 is 19.4 Å². The number of H-pyrrole nitrogens is 1. The van der Waals surface area contributed by atoms with E-state index in [0.29, 0.717) is 52.2 Å². The lowest BCUT2D eigenvalue weighted by atomic mass is 9.95. The summed E-state index contributed by atoms with van der Waals surface area (Å²) >= 11 is 6.26. The monoisotopic (exact) mass is 532 g/mol. The van der Waals surface area contributed by atoms with Crippen molar-refractivity contribution in [1.82, 2.24) is 20.1 Å². The van der Waals surface area contributed by atoms with Gasteiger partial charge in [-0.15, -0.1) is 0 Å². The van der Waals surface area contributed by atoms with E-state index in [9.17, 15) is 9.90 Å². The van der Waals surface area contributed by atoms with Crippen molar-refractivity contribution in [2.75, 3.05) is 13.7 Å². The van der Waals surface area contributed by atoms with Crippen molar-refractivity contribution in [3.8, 4) is 28.5 Å². The summed E-state index contributed by atoms with van der Waals surface area (Å²) < 4.78 is 11.7. The molecule has 0 saturated carbocycles. The lowest BCUT2D eigenvalue weighted by Gasteiger charge is -2.27. The number of rotatable bonds is 10. The van der Waals surface area contributed by atoms with Crippen molar-refractivity contribution >= 4 is 17.5 Å². The third-order valence-corrected chi connectivity index (χ3v) is 6.90. The van der Waals surface area contributed by atoms with Gasteiger partial charge in [-0.1, -0.05) is 43.5 Å². The third kappa shape index (κ3) is 4.91. The smallest absolute Gasteiger partial charge is 0.273 e. The van der Waals surface area contributed by atoms with E-state index in [1.807, 2.05) is 30.3 Å². The van der Waals surface area contributed by atoms with E-state index >= 15 is 0 Å². The number of aromatic hydroxyl groups is 1. The summed E-state index contributed by atoms with van der Waals surface area (Å²) in [4.78, 5) is 19.7. The number of pyridine rings is 1. The first-order chi connectivity index (χ1) is 18.5. The molecule has 38 heavy (non-hydrogen) atoms. The number of carbonyl (C=O) groups excluding carboxylic acids is 1. The largest absolute Gasteiger partial charge is 0.507 e. The van der Waals surface area contributed by atoms with Crippen molar-refractivity contribution in [2.24, 2.45) is 0 Å². The number of ether oxygens (including phenoxy) is 2. The molecule has 8 nitrogen and oxygen atoms in total. The highest BCUT2D eigenvalue weighted by atomic mass is 35.5. The van der Waals surface area contributed by atoms with E-state index < -0.39 is 6.04 Å². The molecule has 3 heterocycles. The maximum absolute atomic E-state index is 13.7. The fraction of sp³-hybridized carbons (Fsp3) is 0.276. The van der Waals surface area contributed by atoms with Crippen molar-refractivity contribution in [3.05, 3.63) is 88.3 Å². The zero-order valence-electron chi connectivity index (χ0n) is 21.3. The number of amides is 1. The quantitative estimate of drug-likeness (QED) is 0.237. The Morgan fingerprint density at radius 2 is 2.00 bits per heavy atom. The molecule has 2 N–H and O–H groups in total. The number of nitrogens with one attached hydrogen (secondary N) is 1. The Balaban J connectivity index is 1.60. The lowest BCUT2D eigenvalue weighted by Crippen LogP contribution is -2.29. The maximum atomic E-state index is 13.7. The molecule has 0 saturated heterocycles. The highest BCUT2D eigenvalue weighted by Crippen LogP contribution is 2.46. The Morgan fingerprint density at radius 1 is 1.13 bits per heavy atom. The highest BCUT2D eigenvalue weighted by molar-refractivity contribution is 6.31. The van der Waals surface area contributed by atoms with Gasteiger partial charge in [-0.3, -0.25) is 14.9 Å². The molecule has 5 rings (SSSR count). The number of phenolic OH excluding ortho intramolecular Hbond substituents is 1. The molecule has 9 heteroatoms. The predicted octanol–water partition coefficient (Wildman–Crippen LogP) is 6.15. The molecular weight excluding hydrogens is 504 g/mol. The second-order valence-corrected chi connectivity index (χ2v) is 9.62. The van der Waals surface area contributed by atoms with Gasteiger partial charge >= 0.3 is 0 Å². The number of carbonyl (C=O) groups is 1. The predicted molar refractivity (Wildman–Crippen MR) is 145 cm³/mol. The van der Waals surface area contributed by atoms with E-state index in [-0.39, 0.29) is 11.7 Å². The summed E-state index contributed by atoms with van der Waals surface area (Å²) in [5.41, 5.74) is 3.65. The number of halogens is 1. The number of unbranched alkanes of at least 4 members (excludes halogenated alkanes) is 2. The van der Waals surface area contributed by atoms with Gasteiger partial charge in [-0.05, 0) is 53.9 Å². The van der Waals surface area contributed by atoms with Gasteiger partial charge in [0.1, 0.15) is 17.1 Å². The number of hydrogen-bond donors (Lipinski definition) is 2. The zero-order valence-corrected chi connectivity index (χ0v) is 22.0. The number of fused-ring (bicyclic) bond motifs is 1. The van der Waals surface area contributed by atoms with Gasteiger partial charge in [0.25, 0.3) is 5.91 Å². The summed E-state index contributed by atoms with van der Waals surface area (Å²) in [7, 11) is 1.60. The highest BCUT2D eigenvalue weighted by Gasteiger charge is 2.43. The van der Waals surface area contributed by atoms with Crippen LogP contribution in [0.1, 0.15) is 59.4 Å². The topological polar surface area (TPSA) is 101 Å². The molecule has 0 spiro atoms. The minimum Gasteiger partial charge on any atom is -0.507 e. The maximum Gasteiger partial charge on any atom is 0.273 e. The third-order valence-electron chi connectivity index (χ3n) is 6.66. The van der Waals surface area contributed by atoms with E-state index in [0.717, 1.165) is 30.4 Å². The molecule has 196 valence electrons. The number of aromatic amines is 1. The molecule has 0 bridgehead atoms. The molecule has 1 aliphatic rings. The van der Waals surface area contributed by atoms with Crippen LogP contribution in [0.25, 0.3) is 11.3 Å². The van der Waals surface area contributed by atoms with Gasteiger partial charge in [-0.2, -0.15) is 5.10 Å². The number of phenols is 1. The number of hydrogen-bond acceptors (Lipinski definition) is 6. The van der Waals surface area contributed by atoms with Gasteiger partial charge in [0.15, 0.2) is 11.5 Å². The summed E-state index contributed by atoms with van der Waals surface area (Å²) in [5, 5.41) is 18.4. The van der Waals surface area contributed by atoms with Gasteiger partial charge in [-0.25, -0.2) is 0 Å². The van der Waals surface area contributed by atoms with Crippen LogP contribution in [0.3, 0.4) is 0 Å². The van der Waals surface area contributed by atoms with Crippen LogP contribution < -0.4 is 9.47 Å². The molecule has 2 aromatic heterocycles. The molecule has 1 atom stereocenters. The Morgan fingerprint density at radius 3 is 2.76 bits per heavy atom. The normalized spacial score (nSPS) is 14.6. The number of benzene rings is 2. The van der Waals surface area contributed by atoms with Crippen LogP contribution in [0.5, 0.6) is 17.2 Å². The molecule has 0 radical (unpaired) electrons. The van der Waals surface area contributed by atoms with Crippen LogP contribution in [-0.2, 0) is 6.54 Å². The molecule has 1 amide bonds. The van der Waals surface area contributed by atoms with E-state index in [2.05, 4.69) is 22.1 Å². The molecule has 1 aliphatic heterocycles. The van der Waals surface area contributed by atoms with Crippen LogP contribution in [0.15, 0.2) is 60.9 Å². The second-order valence-electron chi connectivity index (χ2n) is 9.19. The standard InChI is InChI=1S/C29H29ClN4O4/c1-3-4-5-13-38-23-11-8-19(14-24(23)37-2)28-25-26(21-15-20(30)9-10-22(21)35)32-33-27(25)29(36)34(28)17-18-7-6-12-31-16-18/h6-12,14-16,28,35H,3-5,13,17H2,1-2H3,(H,32,33). The van der Waals surface area contributed by atoms with Gasteiger partial charge in [0.05, 0.1) is 19.8 Å². The van der Waals surface area contributed by atoms with Crippen LogP contribution >= 0.6 is 11.6 Å². The van der Waals surface area contributed by atoms with Crippen LogP contribution in [0.4, 0.5) is 0 Å². The van der Waals surface area contributed by atoms with Gasteiger partial charge < -0.3 is 19.5 Å². The Kier molecular flexibility index (Phi) is 7.51. The minimum atomic E-state index is -0.507. The Bertz CT molecular complexity index is 1440. The Hall–Kier alpha value is -4.04. The fourth-order valence-corrected chi connectivity index (χ4v) is 4.98. The number of methoxy groups -OCH3 is 1. The second kappa shape index (κ2) is 11.1. The zero-order chi connectivity index (χ0) is 26.6. The molecule has 0 fully saturated rings. The minimum absolute atomic E-state index is 0.0222. The van der Waals surface area contributed by atoms with Gasteiger partial charge in [0.2, 0.25) is 0 Å². The molecule has 2 aromatic carbocycles. The molecule has 1 unspecified atom stereocenters. The lowest BCUT2D eigenvalue weighted by molar-refractivity contribution is 0.0729. The SMILES string of the molecule is CCCCCOc1ccc(C2c3c(-c4cc(Cl)ccc4O)n[nH]c3C(=O)N2Cc2cccnc2)cc1OC. The average molecular weight is 533 g/mol. The number of nitrogens with zero attached hydrogens (tertiary/aromatic N) is 3. The van der Waals surface area contributed by atoms with Gasteiger partial charge in [0, 0.05) is 35.1 Å². The summed E-state index contributed by atoms with van der Waals surface area (Å²) in [6, 6.07) is 13.7. The Labute approximate surface area is 226 Å². The van der Waals surface area contributed by atoms with E-state index in [1.54, 1.807) is 36.5 Å². The van der Waals surface area contributed by atoms with E-state index in [4.69, 9.17) is 21.1 Å². The first-order valence-electron chi connectivity index (χ1n) is 12.6. The van der Waals surface area contributed by atoms with Crippen LogP contribution in [-0.4, -0.2) is 44.8 Å². The molecular formula is C29H29ClN4O4. The summed E-state index contributed by atoms with van der Waals surface area (Å²) in [6.07, 6.45) is 6.61. The summed E-state index contributed by atoms with van der Waals surface area (Å²) in [6.45, 7) is 3.08. The first-order valence-corrected chi connectivity index (χ1v) is 13.0. The van der Waals surface area contributed by atoms with Crippen molar-refractivity contribution in [2.45, 2.75) is 38.8 Å². The van der Waals surface area contributed by atoms with E-state index in [1.165, 1.54) is 6.07 Å². The average Bonchev–Trinajstić information content (AvgIpc) is 3.47. The van der Waals surface area contributed by atoms with Crippen molar-refractivity contribution in [1.29, 1.82) is 0 Å². The van der Waals surface area contributed by atoms with Crippen LogP contribution in [0.2, 0.25) is 5.02 Å². The number of aromatic nitrogens is 3. The fourth-order valence-electron chi connectivity index (χ4n) is 4.81. The first kappa shape index (κ1) is 25.6. The molecule has 0 aliphatic carbocycles.